The van der Waals surface area contributed by atoms with E-state index in [0.717, 1.165) is 17.9 Å². The van der Waals surface area contributed by atoms with Crippen molar-refractivity contribution < 1.29 is 19.8 Å². The van der Waals surface area contributed by atoms with Crippen LogP contribution in [0, 0.1) is 5.92 Å². The monoisotopic (exact) mass is 431 g/mol. The topological polar surface area (TPSA) is 107 Å². The van der Waals surface area contributed by atoms with Crippen molar-refractivity contribution in [1.82, 2.24) is 15.1 Å². The molecule has 162 valence electrons. The number of aromatic amines is 1. The summed E-state index contributed by atoms with van der Waals surface area (Å²) in [6.07, 6.45) is 7.09. The van der Waals surface area contributed by atoms with Gasteiger partial charge in [0.1, 0.15) is 0 Å². The Morgan fingerprint density at radius 1 is 1.30 bits per heavy atom. The van der Waals surface area contributed by atoms with Gasteiger partial charge in [-0.3, -0.25) is 10.00 Å². The number of nitrogens with zero attached hydrogens (tertiary/aromatic N) is 2. The molecule has 3 N–H and O–H groups in total. The third-order valence-electron chi connectivity index (χ3n) is 5.80. The van der Waals surface area contributed by atoms with Crippen LogP contribution in [0.3, 0.4) is 0 Å². The van der Waals surface area contributed by atoms with Crippen LogP contribution in [-0.4, -0.2) is 68.4 Å². The predicted octanol–water partition coefficient (Wildman–Crippen LogP) is 3.38. The molecule has 1 aromatic carbocycles. The van der Waals surface area contributed by atoms with Crippen LogP contribution in [0.25, 0.3) is 10.9 Å². The second-order valence-corrected chi connectivity index (χ2v) is 8.79. The third-order valence-corrected chi connectivity index (χ3v) is 6.60. The minimum Gasteiger partial charge on any atom is -0.478 e. The second kappa shape index (κ2) is 10.1. The lowest BCUT2D eigenvalue weighted by molar-refractivity contribution is -0.134. The normalized spacial score (nSPS) is 23.1. The number of benzene rings is 1. The molecular formula is C22H29N3O4S. The highest BCUT2D eigenvalue weighted by Crippen LogP contribution is 2.44. The van der Waals surface area contributed by atoms with Crippen molar-refractivity contribution in [2.45, 2.75) is 38.1 Å². The third kappa shape index (κ3) is 5.05. The van der Waals surface area contributed by atoms with Crippen molar-refractivity contribution in [2.24, 2.45) is 5.92 Å². The lowest BCUT2D eigenvalue weighted by Crippen LogP contribution is -2.50. The Bertz CT molecular complexity index is 910. The van der Waals surface area contributed by atoms with E-state index in [1.165, 1.54) is 42.8 Å². The zero-order chi connectivity index (χ0) is 21.7. The molecule has 2 heterocycles. The molecule has 1 saturated heterocycles. The van der Waals surface area contributed by atoms with Gasteiger partial charge >= 0.3 is 11.9 Å². The number of carbonyl (C=O) groups is 2. The number of carboxylic acid groups (broad SMARTS) is 2. The van der Waals surface area contributed by atoms with Gasteiger partial charge in [-0.05, 0) is 48.9 Å². The van der Waals surface area contributed by atoms with E-state index >= 15 is 0 Å². The van der Waals surface area contributed by atoms with Crippen molar-refractivity contribution in [3.05, 3.63) is 41.6 Å². The van der Waals surface area contributed by atoms with Gasteiger partial charge in [-0.25, -0.2) is 9.59 Å². The first-order valence-corrected chi connectivity index (χ1v) is 11.7. The van der Waals surface area contributed by atoms with Gasteiger partial charge in [0.05, 0.1) is 5.52 Å². The summed E-state index contributed by atoms with van der Waals surface area (Å²) in [5, 5.41) is 24.9. The molecule has 0 amide bonds. The van der Waals surface area contributed by atoms with Crippen molar-refractivity contribution >= 4 is 34.6 Å². The molecule has 1 aliphatic heterocycles. The van der Waals surface area contributed by atoms with Crippen molar-refractivity contribution in [1.29, 1.82) is 0 Å². The van der Waals surface area contributed by atoms with E-state index in [4.69, 9.17) is 10.2 Å². The average molecular weight is 432 g/mol. The Morgan fingerprint density at radius 2 is 2.03 bits per heavy atom. The predicted molar refractivity (Wildman–Crippen MR) is 119 cm³/mol. The fourth-order valence-corrected chi connectivity index (χ4v) is 5.50. The Hall–Kier alpha value is -2.32. The first-order valence-electron chi connectivity index (χ1n) is 10.3. The largest absolute Gasteiger partial charge is 0.478 e. The molecular weight excluding hydrogens is 402 g/mol. The van der Waals surface area contributed by atoms with E-state index in [1.54, 1.807) is 5.56 Å². The van der Waals surface area contributed by atoms with E-state index < -0.39 is 11.9 Å². The molecule has 0 saturated carbocycles. The van der Waals surface area contributed by atoms with Crippen molar-refractivity contribution in [2.75, 3.05) is 25.1 Å². The first-order chi connectivity index (χ1) is 14.4. The van der Waals surface area contributed by atoms with Crippen molar-refractivity contribution in [3.8, 4) is 0 Å². The maximum Gasteiger partial charge on any atom is 0.328 e. The molecule has 0 spiro atoms. The molecule has 1 unspecified atom stereocenters. The Balaban J connectivity index is 0.000000275. The standard InChI is InChI=1S/C18H25N3S.C4H4O4/c1-3-7-21-10-12(11-22-2)8-14-13-5-4-6-15-18(13)16(20-19-15)9-17(14)21;5-3(6)1-2-4(7)8/h4-6,12,14,17H,3,7-11H2,1-2H3,(H,19,20);1-2H,(H,5,6)(H,7,8)/b;2-1-/t12-,14?,17-;/m1./s1. The number of hydrogen-bond acceptors (Lipinski definition) is 5. The summed E-state index contributed by atoms with van der Waals surface area (Å²) in [5.74, 6) is 0.287. The molecule has 4 rings (SSSR count). The fourth-order valence-electron chi connectivity index (χ4n) is 4.79. The number of hydrogen-bond donors (Lipinski definition) is 3. The second-order valence-electron chi connectivity index (χ2n) is 7.88. The number of carboxylic acids is 2. The van der Waals surface area contributed by atoms with E-state index in [9.17, 15) is 9.59 Å². The number of rotatable bonds is 6. The number of nitrogens with one attached hydrogen (secondary N) is 1. The van der Waals surface area contributed by atoms with Crippen LogP contribution in [0.1, 0.15) is 36.9 Å². The zero-order valence-electron chi connectivity index (χ0n) is 17.4. The van der Waals surface area contributed by atoms with Crippen LogP contribution in [0.15, 0.2) is 30.4 Å². The average Bonchev–Trinajstić information content (AvgIpc) is 3.13. The van der Waals surface area contributed by atoms with Crippen LogP contribution in [-0.2, 0) is 16.0 Å². The molecule has 2 aromatic rings. The number of fused-ring (bicyclic) bond motifs is 2. The minimum absolute atomic E-state index is 0.558. The maximum atomic E-state index is 9.55. The van der Waals surface area contributed by atoms with Gasteiger partial charge in [-0.15, -0.1) is 0 Å². The van der Waals surface area contributed by atoms with E-state index in [-0.39, 0.29) is 0 Å². The van der Waals surface area contributed by atoms with Gasteiger partial charge in [0, 0.05) is 48.2 Å². The zero-order valence-corrected chi connectivity index (χ0v) is 18.2. The number of aromatic nitrogens is 2. The molecule has 8 heteroatoms. The number of aliphatic carboxylic acids is 2. The lowest BCUT2D eigenvalue weighted by atomic mass is 9.73. The highest BCUT2D eigenvalue weighted by atomic mass is 32.2. The molecule has 0 bridgehead atoms. The molecule has 1 aromatic heterocycles. The summed E-state index contributed by atoms with van der Waals surface area (Å²) in [4.78, 5) is 21.9. The summed E-state index contributed by atoms with van der Waals surface area (Å²) in [6.45, 7) is 4.80. The number of thioether (sulfide) groups is 1. The quantitative estimate of drug-likeness (QED) is 0.602. The van der Waals surface area contributed by atoms with Crippen LogP contribution in [0.2, 0.25) is 0 Å². The summed E-state index contributed by atoms with van der Waals surface area (Å²) in [5.41, 5.74) is 4.06. The SMILES string of the molecule is CCCN1C[C@H](CSC)CC2c3cccc4n[nH]c(c34)C[C@H]21.O=C(O)/C=C\C(=O)O. The molecule has 30 heavy (non-hydrogen) atoms. The molecule has 7 nitrogen and oxygen atoms in total. The smallest absolute Gasteiger partial charge is 0.328 e. The molecule has 1 aliphatic carbocycles. The van der Waals surface area contributed by atoms with E-state index in [1.807, 2.05) is 11.8 Å². The highest BCUT2D eigenvalue weighted by Gasteiger charge is 2.40. The molecule has 3 atom stereocenters. The lowest BCUT2D eigenvalue weighted by Gasteiger charge is -2.47. The van der Waals surface area contributed by atoms with E-state index in [0.29, 0.717) is 24.1 Å². The first kappa shape index (κ1) is 22.4. The number of piperidine rings is 1. The maximum absolute atomic E-state index is 9.55. The molecule has 1 fully saturated rings. The van der Waals surface area contributed by atoms with Gasteiger partial charge < -0.3 is 10.2 Å². The van der Waals surface area contributed by atoms with E-state index in [2.05, 4.69) is 46.5 Å². The summed E-state index contributed by atoms with van der Waals surface area (Å²) in [7, 11) is 0. The Morgan fingerprint density at radius 3 is 2.67 bits per heavy atom. The summed E-state index contributed by atoms with van der Waals surface area (Å²) < 4.78 is 0. The van der Waals surface area contributed by atoms with Crippen LogP contribution in [0.5, 0.6) is 0 Å². The van der Waals surface area contributed by atoms with Crippen LogP contribution in [0.4, 0.5) is 0 Å². The van der Waals surface area contributed by atoms with Crippen LogP contribution < -0.4 is 0 Å². The van der Waals surface area contributed by atoms with Gasteiger partial charge in [0.2, 0.25) is 0 Å². The number of likely N-dealkylation sites (tertiary alicyclic amines) is 1. The Kier molecular flexibility index (Phi) is 7.55. The molecule has 2 aliphatic rings. The van der Waals surface area contributed by atoms with Gasteiger partial charge in [0.25, 0.3) is 0 Å². The minimum atomic E-state index is -1.26. The fraction of sp³-hybridized carbons (Fsp3) is 0.500. The van der Waals surface area contributed by atoms with Gasteiger partial charge in [0.15, 0.2) is 0 Å². The van der Waals surface area contributed by atoms with Crippen LogP contribution >= 0.6 is 11.8 Å². The van der Waals surface area contributed by atoms with Crippen molar-refractivity contribution in [3.63, 3.8) is 0 Å². The number of H-pyrrole nitrogens is 1. The van der Waals surface area contributed by atoms with Gasteiger partial charge in [-0.1, -0.05) is 19.1 Å². The summed E-state index contributed by atoms with van der Waals surface area (Å²) in [6, 6.07) is 7.35. The van der Waals surface area contributed by atoms with Gasteiger partial charge in [-0.2, -0.15) is 16.9 Å². The molecule has 0 radical (unpaired) electrons. The summed E-state index contributed by atoms with van der Waals surface area (Å²) >= 11 is 2.00. The highest BCUT2D eigenvalue weighted by molar-refractivity contribution is 7.98. The Labute approximate surface area is 180 Å².